The number of aliphatic hydroxyl groups is 3. The molecule has 2 aromatic heterocycles. The Balaban J connectivity index is 1.95. The molecule has 0 spiro atoms. The molecule has 0 aliphatic carbocycles. The van der Waals surface area contributed by atoms with Crippen molar-refractivity contribution in [2.45, 2.75) is 52.2 Å². The summed E-state index contributed by atoms with van der Waals surface area (Å²) in [5.74, 6) is -5.80. The van der Waals surface area contributed by atoms with E-state index >= 15 is 0 Å². The number of hydrogen-bond donors (Lipinski definition) is 4. The van der Waals surface area contributed by atoms with E-state index in [9.17, 15) is 28.9 Å². The van der Waals surface area contributed by atoms with E-state index in [1.165, 1.54) is 31.0 Å². The van der Waals surface area contributed by atoms with E-state index in [2.05, 4.69) is 20.3 Å². The Morgan fingerprint density at radius 3 is 2.51 bits per heavy atom. The second-order valence-electron chi connectivity index (χ2n) is 9.24. The molecule has 0 saturated heterocycles. The fourth-order valence-electron chi connectivity index (χ4n) is 3.55. The fraction of sp³-hybridized carbons (Fsp3) is 0.308. The van der Waals surface area contributed by atoms with Crippen molar-refractivity contribution in [1.82, 2.24) is 25.2 Å². The smallest absolute Gasteiger partial charge is 0.372 e. The molecule has 2 aromatic rings. The standard InChI is InChI=1S/C26H28ClF2N5O5/c1-14-11-31-20(19-6-7-30-24(33-19)25(4,5)36)10-21(14)34(13-35)15(2)8-22(16(3)27)39-26(37,38)23-18(29)9-17(28)12-32-23/h6-13,20,31,36-38H,1-5H3/b15-8-,22-16?. The summed E-state index contributed by atoms with van der Waals surface area (Å²) in [7, 11) is 0. The van der Waals surface area contributed by atoms with Gasteiger partial charge in [0.25, 0.3) is 0 Å². The van der Waals surface area contributed by atoms with Crippen molar-refractivity contribution in [2.24, 2.45) is 0 Å². The Bertz CT molecular complexity index is 1380. The zero-order chi connectivity index (χ0) is 29.1. The van der Waals surface area contributed by atoms with Gasteiger partial charge in [0, 0.05) is 30.2 Å². The van der Waals surface area contributed by atoms with Gasteiger partial charge in [-0.3, -0.25) is 9.69 Å². The van der Waals surface area contributed by atoms with Gasteiger partial charge in [-0.25, -0.2) is 23.7 Å². The third-order valence-corrected chi connectivity index (χ3v) is 5.73. The Kier molecular flexibility index (Phi) is 8.86. The predicted molar refractivity (Wildman–Crippen MR) is 137 cm³/mol. The molecule has 0 bridgehead atoms. The lowest BCUT2D eigenvalue weighted by atomic mass is 10.0. The molecular weight excluding hydrogens is 536 g/mol. The number of aromatic nitrogens is 3. The normalized spacial score (nSPS) is 17.0. The van der Waals surface area contributed by atoms with Crippen LogP contribution in [-0.4, -0.2) is 41.6 Å². The summed E-state index contributed by atoms with van der Waals surface area (Å²) in [4.78, 5) is 25.4. The van der Waals surface area contributed by atoms with Crippen LogP contribution >= 0.6 is 11.6 Å². The van der Waals surface area contributed by atoms with Crippen LogP contribution in [0.25, 0.3) is 0 Å². The molecule has 39 heavy (non-hydrogen) atoms. The van der Waals surface area contributed by atoms with Crippen molar-refractivity contribution >= 4 is 18.0 Å². The predicted octanol–water partition coefficient (Wildman–Crippen LogP) is 3.45. The van der Waals surface area contributed by atoms with Crippen LogP contribution in [0.2, 0.25) is 0 Å². The van der Waals surface area contributed by atoms with E-state index in [0.717, 1.165) is 0 Å². The third kappa shape index (κ3) is 7.03. The summed E-state index contributed by atoms with van der Waals surface area (Å²) >= 11 is 6.10. The lowest BCUT2D eigenvalue weighted by molar-refractivity contribution is -0.334. The number of dihydropyridines is 1. The quantitative estimate of drug-likeness (QED) is 0.156. The molecule has 0 saturated carbocycles. The maximum absolute atomic E-state index is 14.1. The number of pyridine rings is 1. The lowest BCUT2D eigenvalue weighted by Crippen LogP contribution is -2.31. The summed E-state index contributed by atoms with van der Waals surface area (Å²) in [6.07, 6.45) is 7.30. The van der Waals surface area contributed by atoms with Gasteiger partial charge < -0.3 is 25.4 Å². The molecule has 3 rings (SSSR count). The van der Waals surface area contributed by atoms with Gasteiger partial charge in [0.05, 0.1) is 28.7 Å². The molecule has 1 aliphatic rings. The van der Waals surface area contributed by atoms with Crippen LogP contribution in [0.1, 0.15) is 57.9 Å². The highest BCUT2D eigenvalue weighted by atomic mass is 35.5. The molecule has 4 N–H and O–H groups in total. The number of hydrogen-bond acceptors (Lipinski definition) is 9. The highest BCUT2D eigenvalue weighted by Crippen LogP contribution is 2.31. The van der Waals surface area contributed by atoms with Crippen molar-refractivity contribution in [1.29, 1.82) is 0 Å². The maximum atomic E-state index is 14.1. The monoisotopic (exact) mass is 563 g/mol. The molecule has 3 heterocycles. The van der Waals surface area contributed by atoms with Crippen LogP contribution in [0, 0.1) is 11.6 Å². The van der Waals surface area contributed by atoms with Crippen molar-refractivity contribution in [3.05, 3.63) is 99.5 Å². The first-order valence-corrected chi connectivity index (χ1v) is 12.0. The topological polar surface area (TPSA) is 141 Å². The minimum atomic E-state index is -3.31. The zero-order valence-electron chi connectivity index (χ0n) is 21.8. The maximum Gasteiger partial charge on any atom is 0.372 e. The number of carbonyl (C=O) groups excluding carboxylic acids is 1. The summed E-state index contributed by atoms with van der Waals surface area (Å²) < 4.78 is 32.5. The van der Waals surface area contributed by atoms with Crippen molar-refractivity contribution in [2.75, 3.05) is 0 Å². The molecule has 0 radical (unpaired) electrons. The van der Waals surface area contributed by atoms with Gasteiger partial charge in [0.2, 0.25) is 6.41 Å². The van der Waals surface area contributed by atoms with Crippen LogP contribution < -0.4 is 5.32 Å². The lowest BCUT2D eigenvalue weighted by Gasteiger charge is -2.29. The number of halogens is 3. The SMILES string of the molecule is CC1=CNC(c2ccnc(C(C)(C)O)n2)C=C1N(C=O)/C(C)=C\C(OC(O)(O)c1ncc(F)cc1F)=C(C)Cl. The second kappa shape index (κ2) is 11.6. The van der Waals surface area contributed by atoms with Gasteiger partial charge in [0.1, 0.15) is 17.2 Å². The summed E-state index contributed by atoms with van der Waals surface area (Å²) in [6, 6.07) is 1.59. The van der Waals surface area contributed by atoms with E-state index in [-0.39, 0.29) is 22.3 Å². The van der Waals surface area contributed by atoms with Crippen LogP contribution in [0.5, 0.6) is 0 Å². The van der Waals surface area contributed by atoms with E-state index in [4.69, 9.17) is 16.3 Å². The Morgan fingerprint density at radius 1 is 1.23 bits per heavy atom. The van der Waals surface area contributed by atoms with Crippen LogP contribution in [0.15, 0.2) is 70.6 Å². The molecule has 1 aliphatic heterocycles. The molecule has 0 aromatic carbocycles. The number of rotatable bonds is 9. The van der Waals surface area contributed by atoms with Gasteiger partial charge in [0.15, 0.2) is 17.3 Å². The molecule has 1 unspecified atom stereocenters. The third-order valence-electron chi connectivity index (χ3n) is 5.54. The number of nitrogens with one attached hydrogen (secondary N) is 1. The fourth-order valence-corrected chi connectivity index (χ4v) is 3.65. The summed E-state index contributed by atoms with van der Waals surface area (Å²) in [5, 5.41) is 34.1. The molecule has 10 nitrogen and oxygen atoms in total. The van der Waals surface area contributed by atoms with Gasteiger partial charge in [-0.2, -0.15) is 0 Å². The average molecular weight is 564 g/mol. The number of ether oxygens (including phenoxy) is 1. The van der Waals surface area contributed by atoms with Crippen LogP contribution in [-0.2, 0) is 21.1 Å². The highest BCUT2D eigenvalue weighted by Gasteiger charge is 2.35. The second-order valence-corrected chi connectivity index (χ2v) is 9.81. The molecule has 13 heteroatoms. The molecule has 0 fully saturated rings. The average Bonchev–Trinajstić information content (AvgIpc) is 2.84. The first-order chi connectivity index (χ1) is 18.1. The van der Waals surface area contributed by atoms with Gasteiger partial charge in [-0.1, -0.05) is 11.6 Å². The van der Waals surface area contributed by atoms with Crippen LogP contribution in [0.3, 0.4) is 0 Å². The van der Waals surface area contributed by atoms with Gasteiger partial charge in [-0.05, 0) is 52.3 Å². The molecule has 1 amide bonds. The largest absolute Gasteiger partial charge is 0.433 e. The van der Waals surface area contributed by atoms with Crippen molar-refractivity contribution < 1.29 is 33.6 Å². The van der Waals surface area contributed by atoms with Crippen LogP contribution in [0.4, 0.5) is 8.78 Å². The van der Waals surface area contributed by atoms with E-state index < -0.39 is 34.9 Å². The van der Waals surface area contributed by atoms with Crippen molar-refractivity contribution in [3.8, 4) is 0 Å². The first-order valence-electron chi connectivity index (χ1n) is 11.6. The first kappa shape index (κ1) is 29.8. The van der Waals surface area contributed by atoms with E-state index in [1.807, 2.05) is 0 Å². The Hall–Kier alpha value is -3.71. The Morgan fingerprint density at radius 2 is 1.92 bits per heavy atom. The molecule has 1 atom stereocenters. The van der Waals surface area contributed by atoms with Gasteiger partial charge in [-0.15, -0.1) is 0 Å². The minimum Gasteiger partial charge on any atom is -0.433 e. The number of allylic oxidation sites excluding steroid dienone is 4. The number of amides is 1. The Labute approximate surface area is 228 Å². The summed E-state index contributed by atoms with van der Waals surface area (Å²) in [5.41, 5.74) is -0.342. The van der Waals surface area contributed by atoms with Crippen molar-refractivity contribution in [3.63, 3.8) is 0 Å². The minimum absolute atomic E-state index is 0.0697. The molecular formula is C26H28ClF2N5O5. The molecule has 208 valence electrons. The highest BCUT2D eigenvalue weighted by molar-refractivity contribution is 6.29. The van der Waals surface area contributed by atoms with Gasteiger partial charge >= 0.3 is 5.97 Å². The van der Waals surface area contributed by atoms with E-state index in [0.29, 0.717) is 35.6 Å². The summed E-state index contributed by atoms with van der Waals surface area (Å²) in [6.45, 7) is 7.79. The zero-order valence-corrected chi connectivity index (χ0v) is 22.5. The number of nitrogens with zero attached hydrogens (tertiary/aromatic N) is 4. The van der Waals surface area contributed by atoms with E-state index in [1.54, 1.807) is 39.1 Å². The number of carbonyl (C=O) groups is 1.